The molecule has 0 aliphatic carbocycles. The number of hydrogen-bond acceptors (Lipinski definition) is 3. The van der Waals surface area contributed by atoms with Crippen LogP contribution in [0.5, 0.6) is 0 Å². The summed E-state index contributed by atoms with van der Waals surface area (Å²) in [5.74, 6) is -1.55. The highest BCUT2D eigenvalue weighted by molar-refractivity contribution is 6.14. The van der Waals surface area contributed by atoms with Gasteiger partial charge < -0.3 is 10.1 Å². The molecule has 0 bridgehead atoms. The number of benzene rings is 1. The lowest BCUT2D eigenvalue weighted by Crippen LogP contribution is -2.13. The van der Waals surface area contributed by atoms with Crippen LogP contribution in [0.25, 0.3) is 0 Å². The Kier molecular flexibility index (Phi) is 3.44. The summed E-state index contributed by atoms with van der Waals surface area (Å²) in [5, 5.41) is 9.07. The zero-order chi connectivity index (χ0) is 15.0. The molecule has 5 nitrogen and oxygen atoms in total. The molecule has 0 unspecified atom stereocenters. The van der Waals surface area contributed by atoms with Gasteiger partial charge in [-0.2, -0.15) is 0 Å². The number of nitrogens with zero attached hydrogens (tertiary/aromatic N) is 1. The van der Waals surface area contributed by atoms with Gasteiger partial charge in [0, 0.05) is 5.56 Å². The van der Waals surface area contributed by atoms with E-state index >= 15 is 0 Å². The molecule has 0 spiro atoms. The zero-order valence-electron chi connectivity index (χ0n) is 11.9. The fourth-order valence-electron chi connectivity index (χ4n) is 2.31. The quantitative estimate of drug-likeness (QED) is 0.841. The maximum absolute atomic E-state index is 12.6. The number of nitrogens with one attached hydrogen (secondary N) is 1. The third-order valence-corrected chi connectivity index (χ3v) is 3.66. The molecule has 2 N–H and O–H groups in total. The van der Waals surface area contributed by atoms with Crippen molar-refractivity contribution in [1.29, 1.82) is 0 Å². The van der Waals surface area contributed by atoms with E-state index in [4.69, 9.17) is 5.11 Å². The number of carbonyl (C=O) groups excluding carboxylic acids is 1. The molecule has 1 heterocycles. The average molecular weight is 272 g/mol. The summed E-state index contributed by atoms with van der Waals surface area (Å²) < 4.78 is 0. The number of rotatable bonds is 3. The number of aromatic carboxylic acids is 1. The van der Waals surface area contributed by atoms with Gasteiger partial charge >= 0.3 is 5.97 Å². The van der Waals surface area contributed by atoms with Crippen LogP contribution in [-0.2, 0) is 0 Å². The van der Waals surface area contributed by atoms with Crippen molar-refractivity contribution in [2.24, 2.45) is 0 Å². The molecule has 20 heavy (non-hydrogen) atoms. The molecule has 0 atom stereocenters. The van der Waals surface area contributed by atoms with Crippen LogP contribution in [-0.4, -0.2) is 26.8 Å². The van der Waals surface area contributed by atoms with Crippen molar-refractivity contribution in [1.82, 2.24) is 9.97 Å². The van der Waals surface area contributed by atoms with Gasteiger partial charge in [-0.15, -0.1) is 0 Å². The number of carboxylic acids is 1. The van der Waals surface area contributed by atoms with Gasteiger partial charge in [0.25, 0.3) is 0 Å². The molecule has 1 aromatic heterocycles. The second-order valence-electron chi connectivity index (χ2n) is 4.90. The normalized spacial score (nSPS) is 10.6. The van der Waals surface area contributed by atoms with E-state index in [1.807, 2.05) is 33.8 Å². The van der Waals surface area contributed by atoms with Crippen molar-refractivity contribution in [2.75, 3.05) is 0 Å². The van der Waals surface area contributed by atoms with E-state index in [0.29, 0.717) is 5.56 Å². The maximum atomic E-state index is 12.6. The number of imidazole rings is 1. The Labute approximate surface area is 116 Å². The first-order valence-electron chi connectivity index (χ1n) is 6.23. The lowest BCUT2D eigenvalue weighted by atomic mass is 9.90. The van der Waals surface area contributed by atoms with Gasteiger partial charge in [-0.3, -0.25) is 4.79 Å². The molecule has 0 saturated carbocycles. The first-order valence-corrected chi connectivity index (χ1v) is 6.23. The fraction of sp³-hybridized carbons (Fsp3) is 0.267. The summed E-state index contributed by atoms with van der Waals surface area (Å²) in [6.45, 7) is 7.59. The topological polar surface area (TPSA) is 83.0 Å². The molecule has 104 valence electrons. The molecule has 0 amide bonds. The van der Waals surface area contributed by atoms with Gasteiger partial charge in [-0.25, -0.2) is 9.78 Å². The molecular weight excluding hydrogens is 256 g/mol. The fourth-order valence-corrected chi connectivity index (χ4v) is 2.31. The number of ketones is 1. The van der Waals surface area contributed by atoms with Crippen molar-refractivity contribution in [2.45, 2.75) is 27.7 Å². The summed E-state index contributed by atoms with van der Waals surface area (Å²) in [7, 11) is 0. The van der Waals surface area contributed by atoms with E-state index in [1.54, 1.807) is 0 Å². The molecule has 0 aliphatic heterocycles. The van der Waals surface area contributed by atoms with Crippen LogP contribution in [0.3, 0.4) is 0 Å². The minimum Gasteiger partial charge on any atom is -0.477 e. The highest BCUT2D eigenvalue weighted by Gasteiger charge is 2.24. The summed E-state index contributed by atoms with van der Waals surface area (Å²) in [4.78, 5) is 30.1. The SMILES string of the molecule is Cc1cc(C)c(C)c(C(=O)c2nc[nH]c2C(=O)O)c1C. The van der Waals surface area contributed by atoms with Gasteiger partial charge in [0.15, 0.2) is 5.69 Å². The van der Waals surface area contributed by atoms with Gasteiger partial charge in [0.2, 0.25) is 5.78 Å². The highest BCUT2D eigenvalue weighted by atomic mass is 16.4. The van der Waals surface area contributed by atoms with Crippen LogP contribution < -0.4 is 0 Å². The van der Waals surface area contributed by atoms with E-state index in [-0.39, 0.29) is 17.2 Å². The number of aromatic nitrogens is 2. The van der Waals surface area contributed by atoms with Crippen LogP contribution in [0.2, 0.25) is 0 Å². The first kappa shape index (κ1) is 14.0. The molecule has 2 aromatic rings. The number of H-pyrrole nitrogens is 1. The predicted molar refractivity (Wildman–Crippen MR) is 74.4 cm³/mol. The van der Waals surface area contributed by atoms with Gasteiger partial charge in [-0.05, 0) is 49.9 Å². The molecule has 0 fully saturated rings. The lowest BCUT2D eigenvalue weighted by molar-refractivity contribution is 0.0687. The van der Waals surface area contributed by atoms with E-state index < -0.39 is 5.97 Å². The van der Waals surface area contributed by atoms with Gasteiger partial charge in [0.1, 0.15) is 5.69 Å². The van der Waals surface area contributed by atoms with Crippen molar-refractivity contribution in [3.63, 3.8) is 0 Å². The number of carbonyl (C=O) groups is 2. The minimum absolute atomic E-state index is 0.0475. The Hall–Kier alpha value is -2.43. The van der Waals surface area contributed by atoms with Crippen molar-refractivity contribution < 1.29 is 14.7 Å². The lowest BCUT2D eigenvalue weighted by Gasteiger charge is -2.13. The molecule has 0 saturated heterocycles. The first-order chi connectivity index (χ1) is 9.34. The molecular formula is C15H16N2O3. The maximum Gasteiger partial charge on any atom is 0.354 e. The number of carboxylic acid groups (broad SMARTS) is 1. The Morgan fingerprint density at radius 1 is 1.10 bits per heavy atom. The smallest absolute Gasteiger partial charge is 0.354 e. The van der Waals surface area contributed by atoms with E-state index in [1.165, 1.54) is 6.33 Å². The van der Waals surface area contributed by atoms with Crippen LogP contribution in [0, 0.1) is 27.7 Å². The van der Waals surface area contributed by atoms with Crippen molar-refractivity contribution in [3.05, 3.63) is 51.6 Å². The standard InChI is InChI=1S/C15H16N2O3/c1-7-5-8(2)10(4)11(9(7)3)14(18)12-13(15(19)20)17-6-16-12/h5-6H,1-4H3,(H,16,17)(H,19,20). The van der Waals surface area contributed by atoms with Crippen molar-refractivity contribution in [3.8, 4) is 0 Å². The van der Waals surface area contributed by atoms with E-state index in [9.17, 15) is 9.59 Å². The number of aromatic amines is 1. The zero-order valence-corrected chi connectivity index (χ0v) is 11.9. The highest BCUT2D eigenvalue weighted by Crippen LogP contribution is 2.24. The Morgan fingerprint density at radius 3 is 2.15 bits per heavy atom. The van der Waals surface area contributed by atoms with Gasteiger partial charge in [-0.1, -0.05) is 6.07 Å². The van der Waals surface area contributed by atoms with Crippen LogP contribution in [0.1, 0.15) is 48.8 Å². The van der Waals surface area contributed by atoms with E-state index in [2.05, 4.69) is 9.97 Å². The van der Waals surface area contributed by atoms with E-state index in [0.717, 1.165) is 22.3 Å². The minimum atomic E-state index is -1.19. The molecule has 1 aromatic carbocycles. The number of aryl methyl sites for hydroxylation is 2. The average Bonchev–Trinajstić information content (AvgIpc) is 2.86. The summed E-state index contributed by atoms with van der Waals surface area (Å²) >= 11 is 0. The molecule has 5 heteroatoms. The largest absolute Gasteiger partial charge is 0.477 e. The predicted octanol–water partition coefficient (Wildman–Crippen LogP) is 2.57. The molecule has 2 rings (SSSR count). The Bertz CT molecular complexity index is 688. The van der Waals surface area contributed by atoms with Crippen LogP contribution >= 0.6 is 0 Å². The summed E-state index contributed by atoms with van der Waals surface area (Å²) in [6.07, 6.45) is 1.23. The molecule has 0 aliphatic rings. The van der Waals surface area contributed by atoms with Crippen LogP contribution in [0.4, 0.5) is 0 Å². The summed E-state index contributed by atoms with van der Waals surface area (Å²) in [5.41, 5.74) is 4.04. The second kappa shape index (κ2) is 4.92. The second-order valence-corrected chi connectivity index (χ2v) is 4.90. The third-order valence-electron chi connectivity index (χ3n) is 3.66. The molecule has 0 radical (unpaired) electrons. The third kappa shape index (κ3) is 2.11. The monoisotopic (exact) mass is 272 g/mol. The van der Waals surface area contributed by atoms with Crippen molar-refractivity contribution >= 4 is 11.8 Å². The summed E-state index contributed by atoms with van der Waals surface area (Å²) in [6, 6.07) is 2.02. The van der Waals surface area contributed by atoms with Gasteiger partial charge in [0.05, 0.1) is 6.33 Å². The number of hydrogen-bond donors (Lipinski definition) is 2. The Morgan fingerprint density at radius 2 is 1.65 bits per heavy atom. The van der Waals surface area contributed by atoms with Crippen LogP contribution in [0.15, 0.2) is 12.4 Å². The Balaban J connectivity index is 2.66.